The summed E-state index contributed by atoms with van der Waals surface area (Å²) in [4.78, 5) is 21.6. The molecule has 0 bridgehead atoms. The van der Waals surface area contributed by atoms with Crippen molar-refractivity contribution in [1.29, 1.82) is 0 Å². The first-order valence-electron chi connectivity index (χ1n) is 8.20. The second-order valence-electron chi connectivity index (χ2n) is 6.11. The summed E-state index contributed by atoms with van der Waals surface area (Å²) < 4.78 is 0. The Labute approximate surface area is 131 Å². The Morgan fingerprint density at radius 2 is 2.14 bits per heavy atom. The summed E-state index contributed by atoms with van der Waals surface area (Å²) in [6.07, 6.45) is 6.29. The molecule has 2 atom stereocenters. The first kappa shape index (κ1) is 15.0. The fraction of sp³-hybridized carbons (Fsp3) is 0.750. The molecule has 3 heterocycles. The number of nitrogens with zero attached hydrogens (tertiary/aromatic N) is 3. The van der Waals surface area contributed by atoms with E-state index in [0.29, 0.717) is 24.4 Å². The van der Waals surface area contributed by atoms with Crippen molar-refractivity contribution in [2.45, 2.75) is 57.5 Å². The highest BCUT2D eigenvalue weighted by atomic mass is 32.1. The Hall–Kier alpha value is -0.940. The molecule has 3 rings (SSSR count). The lowest BCUT2D eigenvalue weighted by atomic mass is 10.0. The number of thiazole rings is 1. The van der Waals surface area contributed by atoms with Crippen LogP contribution in [0.1, 0.15) is 44.7 Å². The van der Waals surface area contributed by atoms with E-state index in [4.69, 9.17) is 0 Å². The second-order valence-corrected chi connectivity index (χ2v) is 6.83. The lowest BCUT2D eigenvalue weighted by molar-refractivity contribution is -0.133. The molecule has 0 N–H and O–H groups in total. The Morgan fingerprint density at radius 3 is 2.90 bits per heavy atom. The van der Waals surface area contributed by atoms with Crippen LogP contribution in [0.5, 0.6) is 0 Å². The first-order chi connectivity index (χ1) is 10.3. The molecule has 1 aromatic heterocycles. The van der Waals surface area contributed by atoms with E-state index in [1.807, 2.05) is 10.9 Å². The van der Waals surface area contributed by atoms with Gasteiger partial charge in [0, 0.05) is 30.4 Å². The van der Waals surface area contributed by atoms with Gasteiger partial charge in [-0.25, -0.2) is 4.98 Å². The predicted molar refractivity (Wildman–Crippen MR) is 85.4 cm³/mol. The quantitative estimate of drug-likeness (QED) is 0.839. The molecule has 2 aliphatic heterocycles. The molecular formula is C16H25N3OS. The van der Waals surface area contributed by atoms with Crippen molar-refractivity contribution in [3.63, 3.8) is 0 Å². The smallest absolute Gasteiger partial charge is 0.223 e. The van der Waals surface area contributed by atoms with Crippen molar-refractivity contribution in [2.24, 2.45) is 0 Å². The Bertz CT molecular complexity index is 462. The van der Waals surface area contributed by atoms with Gasteiger partial charge in [-0.1, -0.05) is 6.92 Å². The molecule has 2 fully saturated rings. The van der Waals surface area contributed by atoms with Crippen LogP contribution < -0.4 is 0 Å². The number of rotatable bonds is 5. The molecule has 5 heteroatoms. The zero-order chi connectivity index (χ0) is 14.7. The van der Waals surface area contributed by atoms with Crippen molar-refractivity contribution in [3.8, 4) is 0 Å². The second kappa shape index (κ2) is 6.88. The molecule has 0 radical (unpaired) electrons. The van der Waals surface area contributed by atoms with Gasteiger partial charge in [-0.15, -0.1) is 11.3 Å². The Balaban J connectivity index is 1.59. The van der Waals surface area contributed by atoms with Crippen LogP contribution in [0.25, 0.3) is 0 Å². The van der Waals surface area contributed by atoms with Gasteiger partial charge in [0.1, 0.15) is 0 Å². The monoisotopic (exact) mass is 307 g/mol. The summed E-state index contributed by atoms with van der Waals surface area (Å²) in [5.41, 5.74) is 2.90. The van der Waals surface area contributed by atoms with Gasteiger partial charge in [-0.3, -0.25) is 9.69 Å². The standard InChI is InChI=1S/C16H25N3OS/c1-2-18-9-3-5-14(18)15-6-4-10-19(15)16(20)8-7-13-11-21-12-17-13/h11-12,14-15H,2-10H2,1H3/t14-,15+/m0/s1. The molecule has 0 saturated carbocycles. The highest BCUT2D eigenvalue weighted by Gasteiger charge is 2.38. The third kappa shape index (κ3) is 3.29. The normalized spacial score (nSPS) is 26.6. The highest BCUT2D eigenvalue weighted by Crippen LogP contribution is 2.30. The maximum absolute atomic E-state index is 12.6. The van der Waals surface area contributed by atoms with Crippen LogP contribution in [0.4, 0.5) is 0 Å². The maximum atomic E-state index is 12.6. The van der Waals surface area contributed by atoms with Crippen molar-refractivity contribution in [2.75, 3.05) is 19.6 Å². The number of hydrogen-bond donors (Lipinski definition) is 0. The molecule has 116 valence electrons. The van der Waals surface area contributed by atoms with Crippen LogP contribution >= 0.6 is 11.3 Å². The lowest BCUT2D eigenvalue weighted by Gasteiger charge is -2.34. The van der Waals surface area contributed by atoms with E-state index in [2.05, 4.69) is 21.7 Å². The van der Waals surface area contributed by atoms with Crippen LogP contribution in [-0.4, -0.2) is 52.4 Å². The molecule has 21 heavy (non-hydrogen) atoms. The van der Waals surface area contributed by atoms with Crippen molar-refractivity contribution < 1.29 is 4.79 Å². The third-order valence-corrected chi connectivity index (χ3v) is 5.60. The number of carbonyl (C=O) groups is 1. The molecule has 1 aromatic rings. The van der Waals surface area contributed by atoms with Crippen LogP contribution in [-0.2, 0) is 11.2 Å². The van der Waals surface area contributed by atoms with Crippen molar-refractivity contribution in [1.82, 2.24) is 14.8 Å². The number of carbonyl (C=O) groups excluding carboxylic acids is 1. The summed E-state index contributed by atoms with van der Waals surface area (Å²) in [5.74, 6) is 0.327. The number of aryl methyl sites for hydroxylation is 1. The van der Waals surface area contributed by atoms with Gasteiger partial charge in [-0.2, -0.15) is 0 Å². The average molecular weight is 307 g/mol. The molecular weight excluding hydrogens is 282 g/mol. The van der Waals surface area contributed by atoms with Gasteiger partial charge >= 0.3 is 0 Å². The summed E-state index contributed by atoms with van der Waals surface area (Å²) in [6, 6.07) is 1.05. The molecule has 2 saturated heterocycles. The molecule has 1 amide bonds. The van der Waals surface area contributed by atoms with Gasteiger partial charge in [-0.05, 0) is 45.2 Å². The number of amides is 1. The molecule has 0 aliphatic carbocycles. The zero-order valence-electron chi connectivity index (χ0n) is 12.8. The van der Waals surface area contributed by atoms with Gasteiger partial charge in [0.25, 0.3) is 0 Å². The third-order valence-electron chi connectivity index (χ3n) is 4.96. The number of aromatic nitrogens is 1. The largest absolute Gasteiger partial charge is 0.338 e. The van der Waals surface area contributed by atoms with Crippen molar-refractivity contribution >= 4 is 17.2 Å². The summed E-state index contributed by atoms with van der Waals surface area (Å²) in [7, 11) is 0. The summed E-state index contributed by atoms with van der Waals surface area (Å²) in [5, 5.41) is 2.05. The van der Waals surface area contributed by atoms with E-state index in [9.17, 15) is 4.79 Å². The number of likely N-dealkylation sites (tertiary alicyclic amines) is 2. The summed E-state index contributed by atoms with van der Waals surface area (Å²) in [6.45, 7) is 5.51. The van der Waals surface area contributed by atoms with Gasteiger partial charge < -0.3 is 4.90 Å². The Kier molecular flexibility index (Phi) is 4.91. The highest BCUT2D eigenvalue weighted by molar-refractivity contribution is 7.07. The van der Waals surface area contributed by atoms with Crippen LogP contribution in [0, 0.1) is 0 Å². The van der Waals surface area contributed by atoms with Crippen LogP contribution in [0.3, 0.4) is 0 Å². The topological polar surface area (TPSA) is 36.4 Å². The van der Waals surface area contributed by atoms with E-state index >= 15 is 0 Å². The van der Waals surface area contributed by atoms with Gasteiger partial charge in [0.05, 0.1) is 11.2 Å². The maximum Gasteiger partial charge on any atom is 0.223 e. The average Bonchev–Trinajstić information content (AvgIpc) is 3.23. The van der Waals surface area contributed by atoms with E-state index in [1.54, 1.807) is 11.3 Å². The van der Waals surface area contributed by atoms with E-state index in [1.165, 1.54) is 32.2 Å². The van der Waals surface area contributed by atoms with Gasteiger partial charge in [0.2, 0.25) is 5.91 Å². The predicted octanol–water partition coefficient (Wildman–Crippen LogP) is 2.55. The zero-order valence-corrected chi connectivity index (χ0v) is 13.6. The SMILES string of the molecule is CCN1CCC[C@H]1[C@H]1CCCN1C(=O)CCc1cscn1. The molecule has 0 aromatic carbocycles. The lowest BCUT2D eigenvalue weighted by Crippen LogP contribution is -2.48. The minimum absolute atomic E-state index is 0.327. The molecule has 2 aliphatic rings. The minimum Gasteiger partial charge on any atom is -0.338 e. The van der Waals surface area contributed by atoms with Gasteiger partial charge in [0.15, 0.2) is 0 Å². The minimum atomic E-state index is 0.327. The Morgan fingerprint density at radius 1 is 1.33 bits per heavy atom. The molecule has 0 unspecified atom stereocenters. The molecule has 0 spiro atoms. The van der Waals surface area contributed by atoms with Crippen molar-refractivity contribution in [3.05, 3.63) is 16.6 Å². The van der Waals surface area contributed by atoms with E-state index in [-0.39, 0.29) is 0 Å². The summed E-state index contributed by atoms with van der Waals surface area (Å²) >= 11 is 1.61. The van der Waals surface area contributed by atoms with Crippen LogP contribution in [0.2, 0.25) is 0 Å². The van der Waals surface area contributed by atoms with E-state index < -0.39 is 0 Å². The fourth-order valence-electron chi connectivity index (χ4n) is 3.92. The number of hydrogen-bond acceptors (Lipinski definition) is 4. The first-order valence-corrected chi connectivity index (χ1v) is 9.14. The number of likely N-dealkylation sites (N-methyl/N-ethyl adjacent to an activating group) is 1. The fourth-order valence-corrected chi connectivity index (χ4v) is 4.51. The van der Waals surface area contributed by atoms with Crippen LogP contribution in [0.15, 0.2) is 10.9 Å². The molecule has 4 nitrogen and oxygen atoms in total. The van der Waals surface area contributed by atoms with E-state index in [0.717, 1.165) is 25.2 Å².